The van der Waals surface area contributed by atoms with Crippen molar-refractivity contribution >= 4 is 18.3 Å². The lowest BCUT2D eigenvalue weighted by atomic mass is 9.84. The van der Waals surface area contributed by atoms with Crippen LogP contribution in [-0.4, -0.2) is 23.9 Å². The Morgan fingerprint density at radius 1 is 1.23 bits per heavy atom. The van der Waals surface area contributed by atoms with Crippen molar-refractivity contribution in [3.05, 3.63) is 35.9 Å². The monoisotopic (exact) mass is 324 g/mol. The molecule has 0 saturated heterocycles. The summed E-state index contributed by atoms with van der Waals surface area (Å²) in [5.74, 6) is 0.574. The largest absolute Gasteiger partial charge is 0.342 e. The van der Waals surface area contributed by atoms with Gasteiger partial charge in [-0.2, -0.15) is 0 Å². The maximum atomic E-state index is 12.7. The minimum atomic E-state index is -0.236. The summed E-state index contributed by atoms with van der Waals surface area (Å²) in [6.45, 7) is 4.21. The zero-order chi connectivity index (χ0) is 15.4. The van der Waals surface area contributed by atoms with Gasteiger partial charge in [0.15, 0.2) is 0 Å². The van der Waals surface area contributed by atoms with Crippen LogP contribution in [0.2, 0.25) is 0 Å². The van der Waals surface area contributed by atoms with Gasteiger partial charge < -0.3 is 10.6 Å². The van der Waals surface area contributed by atoms with E-state index in [0.717, 1.165) is 12.0 Å². The van der Waals surface area contributed by atoms with Crippen LogP contribution in [0.25, 0.3) is 0 Å². The van der Waals surface area contributed by atoms with E-state index in [9.17, 15) is 4.79 Å². The number of carbonyl (C=O) groups is 1. The van der Waals surface area contributed by atoms with Crippen LogP contribution in [0.1, 0.15) is 51.1 Å². The summed E-state index contributed by atoms with van der Waals surface area (Å²) in [6, 6.07) is 10.0. The average Bonchev–Trinajstić information content (AvgIpc) is 2.53. The van der Waals surface area contributed by atoms with E-state index < -0.39 is 0 Å². The van der Waals surface area contributed by atoms with Crippen LogP contribution >= 0.6 is 12.4 Å². The average molecular weight is 325 g/mol. The van der Waals surface area contributed by atoms with Gasteiger partial charge in [0.2, 0.25) is 5.91 Å². The summed E-state index contributed by atoms with van der Waals surface area (Å²) < 4.78 is 0. The fourth-order valence-corrected chi connectivity index (χ4v) is 3.47. The highest BCUT2D eigenvalue weighted by molar-refractivity contribution is 5.85. The first-order chi connectivity index (χ1) is 10.0. The van der Waals surface area contributed by atoms with E-state index in [-0.39, 0.29) is 30.3 Å². The lowest BCUT2D eigenvalue weighted by Crippen LogP contribution is -2.46. The van der Waals surface area contributed by atoms with Crippen LogP contribution in [-0.2, 0) is 4.79 Å². The normalized spacial score (nSPS) is 24.0. The summed E-state index contributed by atoms with van der Waals surface area (Å²) >= 11 is 0. The lowest BCUT2D eigenvalue weighted by molar-refractivity contribution is -0.138. The standard InChI is InChI=1S/C18H28N2O.ClH/c1-13-9-7-8-12-16(13)20(3)18(21)14(2)17(19)15-10-5-4-6-11-15;/h4-6,10-11,13-14,16-17H,7-9,12,19H2,1-3H3;1H. The van der Waals surface area contributed by atoms with Crippen LogP contribution in [0, 0.1) is 11.8 Å². The van der Waals surface area contributed by atoms with Crippen molar-refractivity contribution in [3.63, 3.8) is 0 Å². The first-order valence-corrected chi connectivity index (χ1v) is 8.09. The fraction of sp³-hybridized carbons (Fsp3) is 0.611. The van der Waals surface area contributed by atoms with Gasteiger partial charge in [-0.25, -0.2) is 0 Å². The van der Waals surface area contributed by atoms with Crippen LogP contribution < -0.4 is 5.73 Å². The molecule has 4 heteroatoms. The number of carbonyl (C=O) groups excluding carboxylic acids is 1. The van der Waals surface area contributed by atoms with Crippen molar-refractivity contribution in [1.29, 1.82) is 0 Å². The molecule has 0 radical (unpaired) electrons. The fourth-order valence-electron chi connectivity index (χ4n) is 3.47. The van der Waals surface area contributed by atoms with Crippen molar-refractivity contribution in [3.8, 4) is 0 Å². The quantitative estimate of drug-likeness (QED) is 0.916. The van der Waals surface area contributed by atoms with Crippen molar-refractivity contribution in [1.82, 2.24) is 4.90 Å². The molecule has 2 N–H and O–H groups in total. The third-order valence-electron chi connectivity index (χ3n) is 5.02. The highest BCUT2D eigenvalue weighted by Gasteiger charge is 2.32. The summed E-state index contributed by atoms with van der Waals surface area (Å²) in [4.78, 5) is 14.7. The molecule has 1 aliphatic rings. The Balaban J connectivity index is 0.00000242. The Morgan fingerprint density at radius 3 is 2.41 bits per heavy atom. The van der Waals surface area contributed by atoms with Gasteiger partial charge in [0.25, 0.3) is 0 Å². The third kappa shape index (κ3) is 4.23. The van der Waals surface area contributed by atoms with E-state index in [1.165, 1.54) is 19.3 Å². The molecule has 1 amide bonds. The molecule has 0 bridgehead atoms. The van der Waals surface area contributed by atoms with Gasteiger partial charge in [-0.15, -0.1) is 12.4 Å². The van der Waals surface area contributed by atoms with E-state index in [1.54, 1.807) is 0 Å². The van der Waals surface area contributed by atoms with Gasteiger partial charge in [-0.05, 0) is 24.3 Å². The number of rotatable bonds is 4. The van der Waals surface area contributed by atoms with Gasteiger partial charge >= 0.3 is 0 Å². The minimum absolute atomic E-state index is 0. The molecule has 1 aromatic carbocycles. The van der Waals surface area contributed by atoms with Gasteiger partial charge in [0.1, 0.15) is 0 Å². The summed E-state index contributed by atoms with van der Waals surface area (Å²) in [7, 11) is 1.95. The second kappa shape index (κ2) is 8.54. The van der Waals surface area contributed by atoms with Crippen molar-refractivity contribution < 1.29 is 4.79 Å². The van der Waals surface area contributed by atoms with E-state index in [4.69, 9.17) is 5.73 Å². The molecule has 1 saturated carbocycles. The Morgan fingerprint density at radius 2 is 1.82 bits per heavy atom. The van der Waals surface area contributed by atoms with Crippen molar-refractivity contribution in [2.45, 2.75) is 51.6 Å². The summed E-state index contributed by atoms with van der Waals surface area (Å²) in [5.41, 5.74) is 7.32. The highest BCUT2D eigenvalue weighted by atomic mass is 35.5. The van der Waals surface area contributed by atoms with Gasteiger partial charge in [-0.3, -0.25) is 4.79 Å². The molecule has 3 nitrogen and oxygen atoms in total. The molecule has 0 spiro atoms. The van der Waals surface area contributed by atoms with Crippen LogP contribution in [0.4, 0.5) is 0 Å². The zero-order valence-corrected chi connectivity index (χ0v) is 14.7. The first-order valence-electron chi connectivity index (χ1n) is 8.09. The van der Waals surface area contributed by atoms with Crippen molar-refractivity contribution in [2.24, 2.45) is 17.6 Å². The Bertz CT molecular complexity index is 465. The minimum Gasteiger partial charge on any atom is -0.342 e. The molecule has 0 heterocycles. The molecule has 22 heavy (non-hydrogen) atoms. The topological polar surface area (TPSA) is 46.3 Å². The molecule has 1 aromatic rings. The third-order valence-corrected chi connectivity index (χ3v) is 5.02. The SMILES string of the molecule is CC1CCCCC1N(C)C(=O)C(C)C(N)c1ccccc1.Cl. The first kappa shape index (κ1) is 19.0. The predicted molar refractivity (Wildman–Crippen MR) is 94.0 cm³/mol. The smallest absolute Gasteiger partial charge is 0.227 e. The Kier molecular flexibility index (Phi) is 7.37. The van der Waals surface area contributed by atoms with Gasteiger partial charge in [-0.1, -0.05) is 57.0 Å². The van der Waals surface area contributed by atoms with Crippen LogP contribution in [0.3, 0.4) is 0 Å². The van der Waals surface area contributed by atoms with E-state index in [1.807, 2.05) is 49.2 Å². The Hall–Kier alpha value is -1.06. The van der Waals surface area contributed by atoms with Crippen LogP contribution in [0.5, 0.6) is 0 Å². The summed E-state index contributed by atoms with van der Waals surface area (Å²) in [6.07, 6.45) is 4.86. The highest BCUT2D eigenvalue weighted by Crippen LogP contribution is 2.29. The molecular formula is C18H29ClN2O. The number of benzene rings is 1. The number of nitrogens with two attached hydrogens (primary N) is 1. The lowest BCUT2D eigenvalue weighted by Gasteiger charge is -2.38. The molecule has 4 unspecified atom stereocenters. The maximum absolute atomic E-state index is 12.7. The molecule has 124 valence electrons. The van der Waals surface area contributed by atoms with Crippen LogP contribution in [0.15, 0.2) is 30.3 Å². The molecule has 2 rings (SSSR count). The molecule has 0 aliphatic heterocycles. The number of nitrogens with zero attached hydrogens (tertiary/aromatic N) is 1. The summed E-state index contributed by atoms with van der Waals surface area (Å²) in [5, 5.41) is 0. The molecule has 4 atom stereocenters. The van der Waals surface area contributed by atoms with Crippen molar-refractivity contribution in [2.75, 3.05) is 7.05 Å². The molecule has 0 aromatic heterocycles. The zero-order valence-electron chi connectivity index (χ0n) is 13.9. The molecule has 1 aliphatic carbocycles. The van der Waals surface area contributed by atoms with E-state index in [0.29, 0.717) is 12.0 Å². The molecular weight excluding hydrogens is 296 g/mol. The van der Waals surface area contributed by atoms with E-state index >= 15 is 0 Å². The predicted octanol–water partition coefficient (Wildman–Crippen LogP) is 3.78. The molecule has 1 fully saturated rings. The number of amides is 1. The number of hydrogen-bond donors (Lipinski definition) is 1. The number of halogens is 1. The second-order valence-electron chi connectivity index (χ2n) is 6.50. The number of hydrogen-bond acceptors (Lipinski definition) is 2. The Labute approximate surface area is 140 Å². The van der Waals surface area contributed by atoms with E-state index in [2.05, 4.69) is 6.92 Å². The second-order valence-corrected chi connectivity index (χ2v) is 6.50. The maximum Gasteiger partial charge on any atom is 0.227 e. The van der Waals surface area contributed by atoms with Gasteiger partial charge in [0, 0.05) is 19.1 Å². The van der Waals surface area contributed by atoms with Gasteiger partial charge in [0.05, 0.1) is 5.92 Å².